The first-order valence-electron chi connectivity index (χ1n) is 5.72. The van der Waals surface area contributed by atoms with Gasteiger partial charge in [-0.1, -0.05) is 19.3 Å². The van der Waals surface area contributed by atoms with Crippen molar-refractivity contribution < 1.29 is 4.74 Å². The maximum Gasteiger partial charge on any atom is 0.143 e. The predicted octanol–water partition coefficient (Wildman–Crippen LogP) is 2.71. The number of nitriles is 1. The maximum atomic E-state index is 8.77. The quantitative estimate of drug-likeness (QED) is 0.787. The van der Waals surface area contributed by atoms with Crippen molar-refractivity contribution in [2.45, 2.75) is 25.7 Å². The van der Waals surface area contributed by atoms with Crippen molar-refractivity contribution in [3.63, 3.8) is 0 Å². The normalized spacial score (nSPS) is 15.2. The number of nitrogens with zero attached hydrogens (tertiary/aromatic N) is 1. The molecule has 1 aliphatic carbocycles. The van der Waals surface area contributed by atoms with Crippen LogP contribution in [0.25, 0.3) is 0 Å². The Balaban J connectivity index is 1.89. The molecule has 0 aromatic heterocycles. The van der Waals surface area contributed by atoms with E-state index in [1.807, 2.05) is 0 Å². The summed E-state index contributed by atoms with van der Waals surface area (Å²) in [6.45, 7) is 0.698. The summed E-state index contributed by atoms with van der Waals surface area (Å²) in [7, 11) is 0. The Morgan fingerprint density at radius 2 is 2.25 bits per heavy atom. The predicted molar refractivity (Wildman–Crippen MR) is 63.0 cm³/mol. The Hall–Kier alpha value is -1.69. The van der Waals surface area contributed by atoms with Crippen LogP contribution < -0.4 is 10.5 Å². The van der Waals surface area contributed by atoms with Crippen molar-refractivity contribution in [2.75, 3.05) is 12.3 Å². The van der Waals surface area contributed by atoms with Crippen LogP contribution in [-0.4, -0.2) is 6.61 Å². The SMILES string of the molecule is N#Cc1ccc(N)c(OCCC2CCC2)c1. The van der Waals surface area contributed by atoms with E-state index in [2.05, 4.69) is 6.07 Å². The minimum atomic E-state index is 0.591. The molecule has 1 aromatic rings. The molecule has 2 N–H and O–H groups in total. The van der Waals surface area contributed by atoms with Crippen molar-refractivity contribution >= 4 is 5.69 Å². The molecule has 0 saturated heterocycles. The van der Waals surface area contributed by atoms with Gasteiger partial charge in [-0.2, -0.15) is 5.26 Å². The van der Waals surface area contributed by atoms with Gasteiger partial charge in [0, 0.05) is 6.07 Å². The molecule has 16 heavy (non-hydrogen) atoms. The van der Waals surface area contributed by atoms with Crippen molar-refractivity contribution in [3.05, 3.63) is 23.8 Å². The fourth-order valence-electron chi connectivity index (χ4n) is 1.85. The lowest BCUT2D eigenvalue weighted by molar-refractivity contribution is 0.222. The van der Waals surface area contributed by atoms with E-state index >= 15 is 0 Å². The van der Waals surface area contributed by atoms with Gasteiger partial charge in [-0.25, -0.2) is 0 Å². The average molecular weight is 216 g/mol. The summed E-state index contributed by atoms with van der Waals surface area (Å²) in [6.07, 6.45) is 5.11. The summed E-state index contributed by atoms with van der Waals surface area (Å²) < 4.78 is 5.61. The van der Waals surface area contributed by atoms with Gasteiger partial charge in [0.2, 0.25) is 0 Å². The van der Waals surface area contributed by atoms with Crippen LogP contribution in [0.15, 0.2) is 18.2 Å². The number of hydrogen-bond donors (Lipinski definition) is 1. The summed E-state index contributed by atoms with van der Waals surface area (Å²) in [5.74, 6) is 1.47. The van der Waals surface area contributed by atoms with Crippen molar-refractivity contribution in [1.29, 1.82) is 5.26 Å². The van der Waals surface area contributed by atoms with Crippen LogP contribution >= 0.6 is 0 Å². The molecule has 1 aromatic carbocycles. The van der Waals surface area contributed by atoms with Crippen molar-refractivity contribution in [2.24, 2.45) is 5.92 Å². The molecule has 1 fully saturated rings. The molecule has 3 nitrogen and oxygen atoms in total. The molecule has 84 valence electrons. The van der Waals surface area contributed by atoms with E-state index in [1.165, 1.54) is 19.3 Å². The zero-order valence-corrected chi connectivity index (χ0v) is 9.28. The Kier molecular flexibility index (Phi) is 3.31. The molecule has 1 aliphatic rings. The van der Waals surface area contributed by atoms with Crippen LogP contribution in [0.2, 0.25) is 0 Å². The van der Waals surface area contributed by atoms with Crippen LogP contribution in [0.5, 0.6) is 5.75 Å². The largest absolute Gasteiger partial charge is 0.491 e. The lowest BCUT2D eigenvalue weighted by atomic mass is 9.83. The highest BCUT2D eigenvalue weighted by molar-refractivity contribution is 5.55. The highest BCUT2D eigenvalue weighted by Gasteiger charge is 2.17. The highest BCUT2D eigenvalue weighted by Crippen LogP contribution is 2.30. The first-order valence-corrected chi connectivity index (χ1v) is 5.72. The zero-order valence-electron chi connectivity index (χ0n) is 9.28. The molecule has 0 bridgehead atoms. The zero-order chi connectivity index (χ0) is 11.4. The van der Waals surface area contributed by atoms with Crippen LogP contribution in [0.4, 0.5) is 5.69 Å². The summed E-state index contributed by atoms with van der Waals surface area (Å²) in [4.78, 5) is 0. The molecule has 0 atom stereocenters. The average Bonchev–Trinajstić information content (AvgIpc) is 2.24. The summed E-state index contributed by atoms with van der Waals surface area (Å²) in [5, 5.41) is 8.77. The number of rotatable bonds is 4. The molecule has 3 heteroatoms. The third kappa shape index (κ3) is 2.46. The summed E-state index contributed by atoms with van der Waals surface area (Å²) >= 11 is 0. The number of benzene rings is 1. The molecule has 0 unspecified atom stereocenters. The van der Waals surface area contributed by atoms with E-state index in [0.29, 0.717) is 23.6 Å². The van der Waals surface area contributed by atoms with E-state index in [9.17, 15) is 0 Å². The third-order valence-corrected chi connectivity index (χ3v) is 3.15. The van der Waals surface area contributed by atoms with Crippen LogP contribution in [-0.2, 0) is 0 Å². The van der Waals surface area contributed by atoms with E-state index in [4.69, 9.17) is 15.7 Å². The molecule has 0 aliphatic heterocycles. The van der Waals surface area contributed by atoms with Gasteiger partial charge in [-0.05, 0) is 24.5 Å². The monoisotopic (exact) mass is 216 g/mol. The standard InChI is InChI=1S/C13H16N2O/c14-9-11-4-5-12(15)13(8-11)16-7-6-10-2-1-3-10/h4-5,8,10H,1-3,6-7,15H2. The van der Waals surface area contributed by atoms with Gasteiger partial charge in [0.1, 0.15) is 5.75 Å². The number of anilines is 1. The van der Waals surface area contributed by atoms with E-state index in [0.717, 1.165) is 12.3 Å². The first-order chi connectivity index (χ1) is 7.79. The van der Waals surface area contributed by atoms with Gasteiger partial charge in [-0.15, -0.1) is 0 Å². The second kappa shape index (κ2) is 4.89. The molecule has 0 spiro atoms. The topological polar surface area (TPSA) is 59.0 Å². The number of hydrogen-bond acceptors (Lipinski definition) is 3. The molecular formula is C13H16N2O. The van der Waals surface area contributed by atoms with Gasteiger partial charge in [0.25, 0.3) is 0 Å². The second-order valence-corrected chi connectivity index (χ2v) is 4.30. The Bertz CT molecular complexity index is 405. The Morgan fingerprint density at radius 1 is 1.44 bits per heavy atom. The molecule has 0 heterocycles. The second-order valence-electron chi connectivity index (χ2n) is 4.30. The molecular weight excluding hydrogens is 200 g/mol. The number of nitrogen functional groups attached to an aromatic ring is 1. The fourth-order valence-corrected chi connectivity index (χ4v) is 1.85. The van der Waals surface area contributed by atoms with Gasteiger partial charge < -0.3 is 10.5 Å². The minimum Gasteiger partial charge on any atom is -0.491 e. The highest BCUT2D eigenvalue weighted by atomic mass is 16.5. The van der Waals surface area contributed by atoms with Crippen LogP contribution in [0, 0.1) is 17.2 Å². The van der Waals surface area contributed by atoms with Gasteiger partial charge in [0.05, 0.1) is 23.9 Å². The van der Waals surface area contributed by atoms with Gasteiger partial charge in [0.15, 0.2) is 0 Å². The fraction of sp³-hybridized carbons (Fsp3) is 0.462. The lowest BCUT2D eigenvalue weighted by Crippen LogP contribution is -2.14. The van der Waals surface area contributed by atoms with E-state index < -0.39 is 0 Å². The Labute approximate surface area is 95.8 Å². The lowest BCUT2D eigenvalue weighted by Gasteiger charge is -2.25. The molecule has 1 saturated carbocycles. The molecule has 0 amide bonds. The molecule has 2 rings (SSSR count). The smallest absolute Gasteiger partial charge is 0.143 e. The van der Waals surface area contributed by atoms with Crippen molar-refractivity contribution in [1.82, 2.24) is 0 Å². The third-order valence-electron chi connectivity index (χ3n) is 3.15. The van der Waals surface area contributed by atoms with Gasteiger partial charge >= 0.3 is 0 Å². The van der Waals surface area contributed by atoms with Crippen LogP contribution in [0.3, 0.4) is 0 Å². The first kappa shape index (κ1) is 10.8. The molecule has 0 radical (unpaired) electrons. The van der Waals surface area contributed by atoms with Crippen LogP contribution in [0.1, 0.15) is 31.2 Å². The number of ether oxygens (including phenoxy) is 1. The summed E-state index contributed by atoms with van der Waals surface area (Å²) in [5.41, 5.74) is 6.97. The minimum absolute atomic E-state index is 0.591. The van der Waals surface area contributed by atoms with E-state index in [-0.39, 0.29) is 0 Å². The Morgan fingerprint density at radius 3 is 2.88 bits per heavy atom. The van der Waals surface area contributed by atoms with E-state index in [1.54, 1.807) is 18.2 Å². The number of nitrogens with two attached hydrogens (primary N) is 1. The summed E-state index contributed by atoms with van der Waals surface area (Å²) in [6, 6.07) is 7.21. The van der Waals surface area contributed by atoms with Crippen molar-refractivity contribution in [3.8, 4) is 11.8 Å². The van der Waals surface area contributed by atoms with Gasteiger partial charge in [-0.3, -0.25) is 0 Å². The maximum absolute atomic E-state index is 8.77.